The third kappa shape index (κ3) is 9.25. The quantitative estimate of drug-likeness (QED) is 0.127. The molecule has 0 aliphatic carbocycles. The Kier molecular flexibility index (Phi) is 13.2. The second-order valence-corrected chi connectivity index (χ2v) is 21.0. The van der Waals surface area contributed by atoms with E-state index < -0.39 is 7.12 Å². The van der Waals surface area contributed by atoms with Crippen LogP contribution in [0.25, 0.3) is 143 Å². The van der Waals surface area contributed by atoms with Crippen molar-refractivity contribution in [2.24, 2.45) is 0 Å². The topological polar surface area (TPSA) is 92.5 Å². The Morgan fingerprint density at radius 3 is 1.07 bits per heavy atom. The van der Waals surface area contributed by atoms with Crippen molar-refractivity contribution in [3.63, 3.8) is 0 Å². The standard InChI is InChI=1S/C37H23NO.C27H16BrNO.C10H9BO2/c1-2-12-27-24(10-1)11-9-17-28(27)36-31-15-5-3-13-29(31)35(30-14-4-6-16-32(30)36)25-20-22-26(23-21-25)37-38-33-18-7-8-19-34(33)39-37;28-26-21-9-3-1-7-19(21)25(20-8-2-4-10-22(20)26)17-13-15-18(16-14-17)27-29-23-11-5-6-12-24(23)30-27;12-11(13)10-7-3-5-8-4-1-2-6-9(8)10/h1-23H;1-16H;1-7,12-13H. The number of benzene rings is 14. The first kappa shape index (κ1) is 50.3. The minimum absolute atomic E-state index is 0.554. The third-order valence-electron chi connectivity index (χ3n) is 15.4. The fourth-order valence-corrected chi connectivity index (χ4v) is 12.3. The summed E-state index contributed by atoms with van der Waals surface area (Å²) in [4.78, 5) is 9.31. The smallest absolute Gasteiger partial charge is 0.436 e. The SMILES string of the molecule is Brc1c2ccccc2c(-c2ccc(-c3nc4ccccc4o3)cc2)c2ccccc12.OB(O)c1cccc2ccccc12.c1ccc2c(-c3c4ccccc4c(-c4ccc(-c5nc6ccccc6o5)cc4)c4ccccc34)cccc2c1. The maximum absolute atomic E-state index is 9.08. The molecule has 0 amide bonds. The van der Waals surface area contributed by atoms with Gasteiger partial charge in [-0.25, -0.2) is 9.97 Å². The molecule has 0 radical (unpaired) electrons. The number of hydrogen-bond acceptors (Lipinski definition) is 6. The highest BCUT2D eigenvalue weighted by Gasteiger charge is 2.20. The molecule has 2 heterocycles. The van der Waals surface area contributed by atoms with Crippen molar-refractivity contribution in [1.82, 2.24) is 9.97 Å². The van der Waals surface area contributed by atoms with E-state index in [2.05, 4.69) is 214 Å². The van der Waals surface area contributed by atoms with Crippen LogP contribution in [0.1, 0.15) is 0 Å². The van der Waals surface area contributed by atoms with Crippen LogP contribution in [0.4, 0.5) is 0 Å². The Hall–Kier alpha value is -9.96. The molecule has 82 heavy (non-hydrogen) atoms. The monoisotopic (exact) mass is 1120 g/mol. The Balaban J connectivity index is 0.000000123. The number of para-hydroxylation sites is 4. The maximum Gasteiger partial charge on any atom is 0.489 e. The highest BCUT2D eigenvalue weighted by atomic mass is 79.9. The van der Waals surface area contributed by atoms with E-state index in [1.807, 2.05) is 84.9 Å². The molecule has 8 heteroatoms. The summed E-state index contributed by atoms with van der Waals surface area (Å²) in [5.74, 6) is 1.29. The average Bonchev–Trinajstić information content (AvgIpc) is 4.31. The summed E-state index contributed by atoms with van der Waals surface area (Å²) in [6.07, 6.45) is 0. The van der Waals surface area contributed by atoms with E-state index in [4.69, 9.17) is 18.9 Å². The predicted octanol–water partition coefficient (Wildman–Crippen LogP) is 19.0. The Morgan fingerprint density at radius 2 is 0.622 bits per heavy atom. The summed E-state index contributed by atoms with van der Waals surface area (Å²) < 4.78 is 13.1. The van der Waals surface area contributed by atoms with E-state index in [1.54, 1.807) is 6.07 Å². The lowest BCUT2D eigenvalue weighted by molar-refractivity contribution is 0.426. The first-order valence-electron chi connectivity index (χ1n) is 27.2. The Morgan fingerprint density at radius 1 is 0.293 bits per heavy atom. The van der Waals surface area contributed by atoms with Gasteiger partial charge in [0, 0.05) is 15.6 Å². The van der Waals surface area contributed by atoms with Crippen molar-refractivity contribution < 1.29 is 18.9 Å². The fraction of sp³-hybridized carbons (Fsp3) is 0. The van der Waals surface area contributed by atoms with Gasteiger partial charge < -0.3 is 18.9 Å². The summed E-state index contributed by atoms with van der Waals surface area (Å²) in [5, 5.41) is 32.5. The number of halogens is 1. The van der Waals surface area contributed by atoms with Crippen molar-refractivity contribution in [3.8, 4) is 56.3 Å². The lowest BCUT2D eigenvalue weighted by atomic mass is 9.77. The number of oxazole rings is 2. The second kappa shape index (κ2) is 21.6. The van der Waals surface area contributed by atoms with Crippen LogP contribution in [0.3, 0.4) is 0 Å². The van der Waals surface area contributed by atoms with Crippen LogP contribution in [0.2, 0.25) is 0 Å². The fourth-order valence-electron chi connectivity index (χ4n) is 11.6. The van der Waals surface area contributed by atoms with Gasteiger partial charge in [0.2, 0.25) is 11.8 Å². The molecule has 0 aliphatic rings. The van der Waals surface area contributed by atoms with Gasteiger partial charge in [0.25, 0.3) is 0 Å². The zero-order valence-electron chi connectivity index (χ0n) is 44.1. The van der Waals surface area contributed by atoms with Crippen molar-refractivity contribution in [2.75, 3.05) is 0 Å². The van der Waals surface area contributed by atoms with Gasteiger partial charge >= 0.3 is 7.12 Å². The minimum Gasteiger partial charge on any atom is -0.436 e. The molecule has 16 aromatic rings. The highest BCUT2D eigenvalue weighted by Crippen LogP contribution is 2.46. The summed E-state index contributed by atoms with van der Waals surface area (Å²) in [6, 6.07) is 95.9. The molecular formula is C74H48BBrN2O4. The van der Waals surface area contributed by atoms with Crippen LogP contribution in [-0.4, -0.2) is 27.1 Å². The Bertz CT molecular complexity index is 4860. The predicted molar refractivity (Wildman–Crippen MR) is 344 cm³/mol. The van der Waals surface area contributed by atoms with E-state index in [1.165, 1.54) is 87.2 Å². The number of fused-ring (bicyclic) bond motifs is 8. The van der Waals surface area contributed by atoms with E-state index in [-0.39, 0.29) is 0 Å². The lowest BCUT2D eigenvalue weighted by Gasteiger charge is -2.18. The van der Waals surface area contributed by atoms with Gasteiger partial charge in [-0.3, -0.25) is 0 Å². The largest absolute Gasteiger partial charge is 0.489 e. The zero-order valence-corrected chi connectivity index (χ0v) is 45.7. The summed E-state index contributed by atoms with van der Waals surface area (Å²) in [5.41, 5.74) is 13.2. The Labute approximate surface area is 481 Å². The van der Waals surface area contributed by atoms with E-state index in [0.717, 1.165) is 48.6 Å². The molecule has 388 valence electrons. The number of aromatic nitrogens is 2. The number of nitrogens with zero attached hydrogens (tertiary/aromatic N) is 2. The second-order valence-electron chi connectivity index (χ2n) is 20.2. The molecular weight excluding hydrogens is 1070 g/mol. The van der Waals surface area contributed by atoms with Gasteiger partial charge in [0.1, 0.15) is 11.0 Å². The van der Waals surface area contributed by atoms with Crippen molar-refractivity contribution in [2.45, 2.75) is 0 Å². The maximum atomic E-state index is 9.08. The van der Waals surface area contributed by atoms with Crippen LogP contribution in [-0.2, 0) is 0 Å². The molecule has 14 aromatic carbocycles. The highest BCUT2D eigenvalue weighted by molar-refractivity contribution is 9.10. The normalized spacial score (nSPS) is 11.4. The van der Waals surface area contributed by atoms with Gasteiger partial charge in [-0.15, -0.1) is 0 Å². The molecule has 0 aliphatic heterocycles. The van der Waals surface area contributed by atoms with Crippen LogP contribution < -0.4 is 5.46 Å². The van der Waals surface area contributed by atoms with Gasteiger partial charge in [0.15, 0.2) is 11.2 Å². The van der Waals surface area contributed by atoms with Gasteiger partial charge in [-0.05, 0) is 168 Å². The van der Waals surface area contributed by atoms with Crippen LogP contribution >= 0.6 is 15.9 Å². The van der Waals surface area contributed by atoms with Gasteiger partial charge in [-0.2, -0.15) is 0 Å². The molecule has 2 aromatic heterocycles. The molecule has 0 saturated heterocycles. The molecule has 16 rings (SSSR count). The minimum atomic E-state index is -1.40. The van der Waals surface area contributed by atoms with E-state index in [0.29, 0.717) is 17.2 Å². The van der Waals surface area contributed by atoms with Crippen molar-refractivity contribution >= 4 is 115 Å². The molecule has 0 unspecified atom stereocenters. The van der Waals surface area contributed by atoms with Gasteiger partial charge in [0.05, 0.1) is 0 Å². The molecule has 0 atom stereocenters. The molecule has 0 fully saturated rings. The first-order valence-corrected chi connectivity index (χ1v) is 28.0. The van der Waals surface area contributed by atoms with E-state index >= 15 is 0 Å². The first-order chi connectivity index (χ1) is 40.4. The molecule has 6 nitrogen and oxygen atoms in total. The summed E-state index contributed by atoms with van der Waals surface area (Å²) in [7, 11) is -1.40. The van der Waals surface area contributed by atoms with Gasteiger partial charge in [-0.1, -0.05) is 231 Å². The average molecular weight is 1120 g/mol. The third-order valence-corrected chi connectivity index (χ3v) is 16.2. The molecule has 0 saturated carbocycles. The van der Waals surface area contributed by atoms with Crippen molar-refractivity contribution in [3.05, 3.63) is 284 Å². The number of rotatable bonds is 6. The van der Waals surface area contributed by atoms with Crippen LogP contribution in [0.15, 0.2) is 292 Å². The summed E-state index contributed by atoms with van der Waals surface area (Å²) in [6.45, 7) is 0. The van der Waals surface area contributed by atoms with Crippen LogP contribution in [0.5, 0.6) is 0 Å². The lowest BCUT2D eigenvalue weighted by Crippen LogP contribution is -2.30. The zero-order chi connectivity index (χ0) is 55.1. The van der Waals surface area contributed by atoms with Crippen molar-refractivity contribution in [1.29, 1.82) is 0 Å². The summed E-state index contributed by atoms with van der Waals surface area (Å²) >= 11 is 3.83. The van der Waals surface area contributed by atoms with E-state index in [9.17, 15) is 0 Å². The number of hydrogen-bond donors (Lipinski definition) is 2. The molecule has 0 spiro atoms. The van der Waals surface area contributed by atoms with Crippen LogP contribution in [0, 0.1) is 0 Å². The molecule has 0 bridgehead atoms. The molecule has 2 N–H and O–H groups in total.